The number of thiophene rings is 1. The van der Waals surface area contributed by atoms with E-state index in [1.807, 2.05) is 19.1 Å². The van der Waals surface area contributed by atoms with Crippen LogP contribution in [0.15, 0.2) is 20.3 Å². The molecule has 0 bridgehead atoms. The van der Waals surface area contributed by atoms with E-state index in [2.05, 4.69) is 20.9 Å². The molecule has 2 aromatic heterocycles. The fourth-order valence-corrected chi connectivity index (χ4v) is 2.46. The number of aromatic nitrogens is 1. The lowest BCUT2D eigenvalue weighted by Gasteiger charge is -1.88. The van der Waals surface area contributed by atoms with Crippen LogP contribution < -0.4 is 5.73 Å². The Kier molecular flexibility index (Phi) is 2.71. The molecule has 0 aliphatic heterocycles. The second kappa shape index (κ2) is 3.84. The predicted octanol–water partition coefficient (Wildman–Crippen LogP) is 2.93. The first-order chi connectivity index (χ1) is 6.70. The number of oxazole rings is 1. The quantitative estimate of drug-likeness (QED) is 0.915. The SMILES string of the molecule is Cc1nc(-c2ccc(Br)s2)oc1CN. The standard InChI is InChI=1S/C9H9BrN2OS/c1-5-6(4-11)13-9(12-5)7-2-3-8(10)14-7/h2-3H,4,11H2,1H3. The number of hydrogen-bond acceptors (Lipinski definition) is 4. The van der Waals surface area contributed by atoms with Crippen LogP contribution in [-0.4, -0.2) is 4.98 Å². The number of hydrogen-bond donors (Lipinski definition) is 1. The van der Waals surface area contributed by atoms with Crippen LogP contribution >= 0.6 is 27.3 Å². The Hall–Kier alpha value is -0.650. The molecule has 0 aromatic carbocycles. The Labute approximate surface area is 94.1 Å². The molecule has 5 heteroatoms. The van der Waals surface area contributed by atoms with Crippen molar-refractivity contribution in [3.05, 3.63) is 27.4 Å². The largest absolute Gasteiger partial charge is 0.439 e. The first kappa shape index (κ1) is 9.89. The van der Waals surface area contributed by atoms with Crippen molar-refractivity contribution < 1.29 is 4.42 Å². The van der Waals surface area contributed by atoms with E-state index in [1.54, 1.807) is 11.3 Å². The molecule has 0 spiro atoms. The van der Waals surface area contributed by atoms with E-state index in [0.717, 1.165) is 20.1 Å². The summed E-state index contributed by atoms with van der Waals surface area (Å²) in [5.74, 6) is 1.41. The van der Waals surface area contributed by atoms with Crippen molar-refractivity contribution in [2.24, 2.45) is 5.73 Å². The first-order valence-corrected chi connectivity index (χ1v) is 5.73. The number of aryl methyl sites for hydroxylation is 1. The van der Waals surface area contributed by atoms with Crippen LogP contribution in [0.1, 0.15) is 11.5 Å². The predicted molar refractivity (Wildman–Crippen MR) is 60.1 cm³/mol. The van der Waals surface area contributed by atoms with Crippen molar-refractivity contribution in [1.82, 2.24) is 4.98 Å². The smallest absolute Gasteiger partial charge is 0.236 e. The lowest BCUT2D eigenvalue weighted by Crippen LogP contribution is -1.95. The molecule has 2 aromatic rings. The van der Waals surface area contributed by atoms with Gasteiger partial charge in [-0.3, -0.25) is 0 Å². The molecule has 0 fully saturated rings. The van der Waals surface area contributed by atoms with Crippen LogP contribution in [0.3, 0.4) is 0 Å². The average molecular weight is 273 g/mol. The molecule has 3 nitrogen and oxygen atoms in total. The molecule has 0 unspecified atom stereocenters. The summed E-state index contributed by atoms with van der Waals surface area (Å²) >= 11 is 4.99. The Bertz CT molecular complexity index is 449. The Balaban J connectivity index is 2.42. The molecular weight excluding hydrogens is 264 g/mol. The van der Waals surface area contributed by atoms with E-state index >= 15 is 0 Å². The van der Waals surface area contributed by atoms with E-state index in [9.17, 15) is 0 Å². The molecule has 14 heavy (non-hydrogen) atoms. The van der Waals surface area contributed by atoms with Crippen LogP contribution in [0, 0.1) is 6.92 Å². The minimum atomic E-state index is 0.394. The zero-order valence-electron chi connectivity index (χ0n) is 7.58. The van der Waals surface area contributed by atoms with Crippen LogP contribution in [-0.2, 0) is 6.54 Å². The fourth-order valence-electron chi connectivity index (χ4n) is 1.15. The summed E-state index contributed by atoms with van der Waals surface area (Å²) in [6, 6.07) is 3.95. The normalized spacial score (nSPS) is 10.8. The highest BCUT2D eigenvalue weighted by Crippen LogP contribution is 2.31. The summed E-state index contributed by atoms with van der Waals surface area (Å²) in [7, 11) is 0. The minimum Gasteiger partial charge on any atom is -0.439 e. The molecule has 2 heterocycles. The average Bonchev–Trinajstić information content (AvgIpc) is 2.71. The molecule has 0 saturated heterocycles. The van der Waals surface area contributed by atoms with E-state index in [1.165, 1.54) is 0 Å². The third-order valence-electron chi connectivity index (χ3n) is 1.86. The van der Waals surface area contributed by atoms with Gasteiger partial charge in [0.25, 0.3) is 0 Å². The van der Waals surface area contributed by atoms with E-state index in [0.29, 0.717) is 12.4 Å². The lowest BCUT2D eigenvalue weighted by molar-refractivity contribution is 0.520. The van der Waals surface area contributed by atoms with Crippen LogP contribution in [0.4, 0.5) is 0 Å². The highest BCUT2D eigenvalue weighted by Gasteiger charge is 2.11. The molecule has 0 aliphatic rings. The van der Waals surface area contributed by atoms with Gasteiger partial charge in [0, 0.05) is 0 Å². The summed E-state index contributed by atoms with van der Waals surface area (Å²) in [5.41, 5.74) is 6.38. The summed E-state index contributed by atoms with van der Waals surface area (Å²) in [4.78, 5) is 5.32. The zero-order chi connectivity index (χ0) is 10.1. The van der Waals surface area contributed by atoms with Crippen LogP contribution in [0.25, 0.3) is 10.8 Å². The lowest BCUT2D eigenvalue weighted by atomic mass is 10.4. The van der Waals surface area contributed by atoms with Gasteiger partial charge in [-0.05, 0) is 35.0 Å². The third kappa shape index (κ3) is 1.75. The van der Waals surface area contributed by atoms with E-state index in [4.69, 9.17) is 10.2 Å². The van der Waals surface area contributed by atoms with Gasteiger partial charge in [0.2, 0.25) is 5.89 Å². The van der Waals surface area contributed by atoms with Gasteiger partial charge < -0.3 is 10.2 Å². The van der Waals surface area contributed by atoms with Crippen molar-refractivity contribution in [1.29, 1.82) is 0 Å². The molecule has 74 valence electrons. The zero-order valence-corrected chi connectivity index (χ0v) is 9.98. The van der Waals surface area contributed by atoms with Gasteiger partial charge in [0.05, 0.1) is 20.9 Å². The molecule has 0 aliphatic carbocycles. The van der Waals surface area contributed by atoms with Crippen molar-refractivity contribution in [2.45, 2.75) is 13.5 Å². The monoisotopic (exact) mass is 272 g/mol. The highest BCUT2D eigenvalue weighted by molar-refractivity contribution is 9.11. The number of halogens is 1. The van der Waals surface area contributed by atoms with Crippen molar-refractivity contribution >= 4 is 27.3 Å². The van der Waals surface area contributed by atoms with Crippen LogP contribution in [0.2, 0.25) is 0 Å². The second-order valence-electron chi connectivity index (χ2n) is 2.84. The van der Waals surface area contributed by atoms with Gasteiger partial charge in [-0.25, -0.2) is 4.98 Å². The van der Waals surface area contributed by atoms with Gasteiger partial charge >= 0.3 is 0 Å². The number of rotatable bonds is 2. The second-order valence-corrected chi connectivity index (χ2v) is 5.30. The topological polar surface area (TPSA) is 52.0 Å². The fraction of sp³-hybridized carbons (Fsp3) is 0.222. The van der Waals surface area contributed by atoms with Crippen molar-refractivity contribution in [3.8, 4) is 10.8 Å². The first-order valence-electron chi connectivity index (χ1n) is 4.13. The van der Waals surface area contributed by atoms with Gasteiger partial charge in [0.15, 0.2) is 0 Å². The minimum absolute atomic E-state index is 0.394. The van der Waals surface area contributed by atoms with E-state index < -0.39 is 0 Å². The molecule has 2 N–H and O–H groups in total. The van der Waals surface area contributed by atoms with Gasteiger partial charge in [0.1, 0.15) is 5.76 Å². The summed E-state index contributed by atoms with van der Waals surface area (Å²) in [6.07, 6.45) is 0. The maximum absolute atomic E-state index is 5.52. The Morgan fingerprint density at radius 2 is 2.36 bits per heavy atom. The van der Waals surface area contributed by atoms with Crippen LogP contribution in [0.5, 0.6) is 0 Å². The Morgan fingerprint density at radius 3 is 2.86 bits per heavy atom. The van der Waals surface area contributed by atoms with Gasteiger partial charge in [-0.2, -0.15) is 0 Å². The maximum atomic E-state index is 5.52. The van der Waals surface area contributed by atoms with Crippen molar-refractivity contribution in [3.63, 3.8) is 0 Å². The van der Waals surface area contributed by atoms with Gasteiger partial charge in [-0.15, -0.1) is 11.3 Å². The maximum Gasteiger partial charge on any atom is 0.236 e. The highest BCUT2D eigenvalue weighted by atomic mass is 79.9. The molecular formula is C9H9BrN2OS. The van der Waals surface area contributed by atoms with E-state index in [-0.39, 0.29) is 0 Å². The molecule has 2 rings (SSSR count). The number of nitrogens with two attached hydrogens (primary N) is 1. The molecule has 0 atom stereocenters. The Morgan fingerprint density at radius 1 is 1.57 bits per heavy atom. The molecule has 0 amide bonds. The number of nitrogens with zero attached hydrogens (tertiary/aromatic N) is 1. The summed E-state index contributed by atoms with van der Waals surface area (Å²) in [5, 5.41) is 0. The summed E-state index contributed by atoms with van der Waals surface area (Å²) in [6.45, 7) is 2.29. The third-order valence-corrected chi connectivity index (χ3v) is 3.47. The van der Waals surface area contributed by atoms with Crippen molar-refractivity contribution in [2.75, 3.05) is 0 Å². The molecule has 0 saturated carbocycles. The molecule has 0 radical (unpaired) electrons. The van der Waals surface area contributed by atoms with Gasteiger partial charge in [-0.1, -0.05) is 0 Å². The summed E-state index contributed by atoms with van der Waals surface area (Å²) < 4.78 is 6.58.